The Morgan fingerprint density at radius 1 is 0.904 bits per heavy atom. The van der Waals surface area contributed by atoms with Crippen LogP contribution in [0, 0.1) is 17.3 Å². The van der Waals surface area contributed by atoms with Crippen molar-refractivity contribution in [1.82, 2.24) is 26.2 Å². The molecule has 0 aromatic rings. The Kier molecular flexibility index (Phi) is 13.9. The van der Waals surface area contributed by atoms with Gasteiger partial charge in [-0.3, -0.25) is 19.2 Å². The Hall–Kier alpha value is -2.70. The van der Waals surface area contributed by atoms with Crippen LogP contribution >= 0.6 is 0 Å². The molecule has 0 unspecified atom stereocenters. The minimum atomic E-state index is -3.63. The van der Waals surface area contributed by atoms with E-state index >= 15 is 0 Å². The molecule has 2 saturated carbocycles. The van der Waals surface area contributed by atoms with Crippen LogP contribution in [0.4, 0.5) is 4.79 Å². The predicted octanol–water partition coefficient (Wildman–Crippen LogP) is 4.94. The van der Waals surface area contributed by atoms with E-state index in [1.807, 2.05) is 6.92 Å². The van der Waals surface area contributed by atoms with Crippen molar-refractivity contribution in [3.05, 3.63) is 0 Å². The minimum Gasteiger partial charge on any atom is -0.349 e. The van der Waals surface area contributed by atoms with Crippen LogP contribution in [-0.4, -0.2) is 89.6 Å². The summed E-state index contributed by atoms with van der Waals surface area (Å²) < 4.78 is 26.1. The fourth-order valence-electron chi connectivity index (χ4n) is 9.34. The Morgan fingerprint density at radius 3 is 2.04 bits per heavy atom. The smallest absolute Gasteiger partial charge is 0.315 e. The van der Waals surface area contributed by atoms with Gasteiger partial charge >= 0.3 is 6.03 Å². The highest BCUT2D eigenvalue weighted by molar-refractivity contribution is 7.93. The minimum absolute atomic E-state index is 0.0850. The molecule has 0 aromatic heterocycles. The first kappa shape index (κ1) is 42.0. The van der Waals surface area contributed by atoms with Gasteiger partial charge < -0.3 is 26.2 Å². The van der Waals surface area contributed by atoms with E-state index in [-0.39, 0.29) is 23.2 Å². The first-order valence-electron chi connectivity index (χ1n) is 20.2. The van der Waals surface area contributed by atoms with E-state index in [9.17, 15) is 32.4 Å². The highest BCUT2D eigenvalue weighted by Gasteiger charge is 2.69. The molecule has 13 heteroatoms. The zero-order valence-corrected chi connectivity index (χ0v) is 33.7. The van der Waals surface area contributed by atoms with Gasteiger partial charge in [0.2, 0.25) is 17.6 Å². The first-order chi connectivity index (χ1) is 24.4. The van der Waals surface area contributed by atoms with Gasteiger partial charge in [-0.1, -0.05) is 91.4 Å². The second-order valence-electron chi connectivity index (χ2n) is 17.4. The van der Waals surface area contributed by atoms with Gasteiger partial charge in [-0.2, -0.15) is 0 Å². The maximum absolute atomic E-state index is 14.6. The number of fused-ring (bicyclic) bond motifs is 3. The molecule has 5 amide bonds. The van der Waals surface area contributed by atoms with E-state index in [2.05, 4.69) is 35.1 Å². The van der Waals surface area contributed by atoms with Gasteiger partial charge in [0.05, 0.1) is 21.6 Å². The lowest BCUT2D eigenvalue weighted by Gasteiger charge is -2.49. The molecular weight excluding hydrogens is 683 g/mol. The van der Waals surface area contributed by atoms with E-state index < -0.39 is 67.1 Å². The second-order valence-corrected chi connectivity index (χ2v) is 20.4. The lowest BCUT2D eigenvalue weighted by atomic mass is 9.73. The van der Waals surface area contributed by atoms with Gasteiger partial charge in [0.1, 0.15) is 12.1 Å². The summed E-state index contributed by atoms with van der Waals surface area (Å²) in [6.45, 7) is 13.5. The summed E-state index contributed by atoms with van der Waals surface area (Å²) in [7, 11) is -3.63. The third-order valence-electron chi connectivity index (χ3n) is 13.0. The lowest BCUT2D eigenvalue weighted by molar-refractivity contribution is -0.144. The van der Waals surface area contributed by atoms with Crippen LogP contribution in [0.2, 0.25) is 0 Å². The van der Waals surface area contributed by atoms with Crippen LogP contribution in [0.1, 0.15) is 151 Å². The van der Waals surface area contributed by atoms with Crippen molar-refractivity contribution in [3.63, 3.8) is 0 Å². The molecular formula is C39H67N5O7S. The number of amides is 5. The number of sulfone groups is 1. The van der Waals surface area contributed by atoms with E-state index in [1.54, 1.807) is 32.6 Å². The van der Waals surface area contributed by atoms with Crippen LogP contribution in [0.15, 0.2) is 0 Å². The predicted molar refractivity (Wildman–Crippen MR) is 202 cm³/mol. The largest absolute Gasteiger partial charge is 0.349 e. The Bertz CT molecular complexity index is 1420. The molecule has 4 aliphatic rings. The summed E-state index contributed by atoms with van der Waals surface area (Å²) in [5, 5.41) is 11.0. The van der Waals surface area contributed by atoms with Crippen molar-refractivity contribution in [2.75, 3.05) is 13.1 Å². The third kappa shape index (κ3) is 8.81. The molecule has 0 spiro atoms. The number of urea groups is 1. The Balaban J connectivity index is 1.62. The van der Waals surface area contributed by atoms with E-state index in [1.165, 1.54) is 0 Å². The number of nitrogens with zero attached hydrogens (tertiary/aromatic N) is 1. The summed E-state index contributed by atoms with van der Waals surface area (Å²) in [4.78, 5) is 70.5. The van der Waals surface area contributed by atoms with Gasteiger partial charge in [0.15, 0.2) is 9.84 Å². The third-order valence-corrected chi connectivity index (χ3v) is 16.1. The van der Waals surface area contributed by atoms with E-state index in [0.29, 0.717) is 58.0 Å². The maximum atomic E-state index is 14.6. The van der Waals surface area contributed by atoms with Gasteiger partial charge in [0.25, 0.3) is 5.91 Å². The molecule has 2 saturated heterocycles. The standard InChI is InChI=1S/C39H67N5O7S/c1-8-24-40-34(47)32(45)28-20-16-13-11-9-10-12-14-17-21-29(35(48)44-25-27-30(37(27,4)5)31(44)33(46)41-28)42-36(49)43-39(22-18-15-19-23-39)38(6,7)52(50,51)26(2)3/h26-31H,8-25H2,1-7H3,(H,40,47)(H,41,46)(H2,42,43,49)/t27-,28-,29-,30-,31-/m0/s1. The number of ketones is 1. The average molecular weight is 750 g/mol. The van der Waals surface area contributed by atoms with Gasteiger partial charge in [-0.05, 0) is 77.0 Å². The fourth-order valence-corrected chi connectivity index (χ4v) is 11.3. The molecule has 296 valence electrons. The van der Waals surface area contributed by atoms with Crippen LogP contribution in [0.3, 0.4) is 0 Å². The molecule has 2 aliphatic heterocycles. The number of hydrogen-bond acceptors (Lipinski definition) is 7. The molecule has 52 heavy (non-hydrogen) atoms. The first-order valence-corrected chi connectivity index (χ1v) is 21.7. The van der Waals surface area contributed by atoms with Gasteiger partial charge in [-0.15, -0.1) is 0 Å². The molecule has 0 bridgehead atoms. The zero-order chi connectivity index (χ0) is 38.5. The summed E-state index contributed by atoms with van der Waals surface area (Å²) >= 11 is 0. The monoisotopic (exact) mass is 749 g/mol. The number of Topliss-reactive ketones (excluding diaryl/α,β-unsaturated/α-hetero) is 1. The molecule has 2 aliphatic carbocycles. The van der Waals surface area contributed by atoms with Crippen LogP contribution in [-0.2, 0) is 29.0 Å². The van der Waals surface area contributed by atoms with Crippen LogP contribution < -0.4 is 21.3 Å². The lowest BCUT2D eigenvalue weighted by Crippen LogP contribution is -2.68. The summed E-state index contributed by atoms with van der Waals surface area (Å²) in [6, 6.07) is -3.33. The highest BCUT2D eigenvalue weighted by atomic mass is 32.2. The van der Waals surface area contributed by atoms with Crippen molar-refractivity contribution in [2.45, 2.75) is 185 Å². The molecule has 4 fully saturated rings. The van der Waals surface area contributed by atoms with Gasteiger partial charge in [-0.25, -0.2) is 13.2 Å². The van der Waals surface area contributed by atoms with Crippen molar-refractivity contribution in [3.8, 4) is 0 Å². The molecule has 0 aromatic carbocycles. The number of nitrogens with one attached hydrogen (secondary N) is 4. The highest BCUT2D eigenvalue weighted by Crippen LogP contribution is 2.65. The van der Waals surface area contributed by atoms with Crippen LogP contribution in [0.5, 0.6) is 0 Å². The average Bonchev–Trinajstić information content (AvgIpc) is 3.39. The number of hydrogen-bond donors (Lipinski definition) is 4. The molecule has 0 radical (unpaired) electrons. The number of rotatable bonds is 9. The molecule has 2 heterocycles. The number of piperidine rings is 1. The fraction of sp³-hybridized carbons (Fsp3) is 0.872. The van der Waals surface area contributed by atoms with E-state index in [4.69, 9.17) is 0 Å². The maximum Gasteiger partial charge on any atom is 0.315 e. The summed E-state index contributed by atoms with van der Waals surface area (Å²) in [5.41, 5.74) is -1.19. The molecule has 5 atom stereocenters. The number of carbonyl (C=O) groups excluding carboxylic acids is 5. The zero-order valence-electron chi connectivity index (χ0n) is 32.9. The molecule has 12 nitrogen and oxygen atoms in total. The number of carbonyl (C=O) groups is 5. The summed E-state index contributed by atoms with van der Waals surface area (Å²) in [6.07, 6.45) is 12.2. The van der Waals surface area contributed by atoms with Crippen molar-refractivity contribution in [2.24, 2.45) is 17.3 Å². The topological polar surface area (TPSA) is 171 Å². The molecule has 4 rings (SSSR count). The van der Waals surface area contributed by atoms with Crippen molar-refractivity contribution in [1.29, 1.82) is 0 Å². The van der Waals surface area contributed by atoms with E-state index in [0.717, 1.165) is 57.8 Å². The Morgan fingerprint density at radius 2 is 1.46 bits per heavy atom. The quantitative estimate of drug-likeness (QED) is 0.242. The van der Waals surface area contributed by atoms with Gasteiger partial charge in [0, 0.05) is 13.1 Å². The summed E-state index contributed by atoms with van der Waals surface area (Å²) in [5.74, 6) is -2.21. The second kappa shape index (κ2) is 17.2. The molecule has 4 N–H and O–H groups in total. The van der Waals surface area contributed by atoms with Crippen molar-refractivity contribution >= 4 is 39.4 Å². The SMILES string of the molecule is CCCNC(=O)C(=O)[C@@H]1CCCCCCCCCC[C@H](NC(=O)NC2(C(C)(C)S(=O)(=O)C(C)C)CCCCC2)C(=O)N2C[C@H]3[C@@H]([C@H]2C(=O)N1)C3(C)C. The van der Waals surface area contributed by atoms with Crippen molar-refractivity contribution < 1.29 is 32.4 Å². The van der Waals surface area contributed by atoms with Crippen LogP contribution in [0.25, 0.3) is 0 Å². The Labute approximate surface area is 312 Å². The normalized spacial score (nSPS) is 28.8.